The van der Waals surface area contributed by atoms with Crippen molar-refractivity contribution in [3.8, 4) is 5.75 Å². The van der Waals surface area contributed by atoms with E-state index >= 15 is 0 Å². The van der Waals surface area contributed by atoms with Gasteiger partial charge in [0.05, 0.1) is 0 Å². The van der Waals surface area contributed by atoms with E-state index in [-0.39, 0.29) is 0 Å². The van der Waals surface area contributed by atoms with Crippen molar-refractivity contribution >= 4 is 0 Å². The van der Waals surface area contributed by atoms with Crippen LogP contribution in [0.15, 0.2) is 18.2 Å². The van der Waals surface area contributed by atoms with Gasteiger partial charge in [-0.2, -0.15) is 0 Å². The fraction of sp³-hybridized carbons (Fsp3) is 0.727. The lowest BCUT2D eigenvalue weighted by molar-refractivity contribution is 0.101. The number of rotatable bonds is 5. The zero-order valence-electron chi connectivity index (χ0n) is 15.4. The SMILES string of the molecule is C[C@@H]1Cc2ccc(O)cc2[C@@]2(CCN[C@H](C)C3CC3)CCCC[C@@H]12. The number of nitrogens with one attached hydrogen (secondary N) is 1. The fourth-order valence-corrected chi connectivity index (χ4v) is 5.86. The van der Waals surface area contributed by atoms with Gasteiger partial charge >= 0.3 is 0 Å². The lowest BCUT2D eigenvalue weighted by Gasteiger charge is -2.52. The number of aromatic hydroxyl groups is 1. The Bertz CT molecular complexity index is 594. The Balaban J connectivity index is 1.61. The molecular weight excluding hydrogens is 294 g/mol. The van der Waals surface area contributed by atoms with E-state index in [0.29, 0.717) is 17.2 Å². The molecule has 3 aliphatic rings. The van der Waals surface area contributed by atoms with Crippen molar-refractivity contribution in [2.75, 3.05) is 6.54 Å². The van der Waals surface area contributed by atoms with E-state index < -0.39 is 0 Å². The minimum Gasteiger partial charge on any atom is -0.508 e. The van der Waals surface area contributed by atoms with Crippen LogP contribution < -0.4 is 5.32 Å². The van der Waals surface area contributed by atoms with Gasteiger partial charge in [0.25, 0.3) is 0 Å². The van der Waals surface area contributed by atoms with Crippen LogP contribution in [0.3, 0.4) is 0 Å². The molecule has 4 rings (SSSR count). The second-order valence-electron chi connectivity index (χ2n) is 8.86. The van der Waals surface area contributed by atoms with E-state index in [1.807, 2.05) is 6.07 Å². The van der Waals surface area contributed by atoms with E-state index in [0.717, 1.165) is 24.3 Å². The van der Waals surface area contributed by atoms with Crippen LogP contribution in [0.4, 0.5) is 0 Å². The first kappa shape index (κ1) is 16.4. The molecule has 2 saturated carbocycles. The predicted molar refractivity (Wildman–Crippen MR) is 99.4 cm³/mol. The summed E-state index contributed by atoms with van der Waals surface area (Å²) in [7, 11) is 0. The third kappa shape index (κ3) is 2.87. The van der Waals surface area contributed by atoms with Gasteiger partial charge in [-0.15, -0.1) is 0 Å². The molecule has 0 heterocycles. The summed E-state index contributed by atoms with van der Waals surface area (Å²) in [5.41, 5.74) is 3.26. The summed E-state index contributed by atoms with van der Waals surface area (Å²) in [6.07, 6.45) is 10.6. The molecule has 4 atom stereocenters. The van der Waals surface area contributed by atoms with Crippen molar-refractivity contribution in [3.05, 3.63) is 29.3 Å². The fourth-order valence-electron chi connectivity index (χ4n) is 5.86. The van der Waals surface area contributed by atoms with Crippen molar-refractivity contribution in [1.29, 1.82) is 0 Å². The van der Waals surface area contributed by atoms with Crippen LogP contribution in [0.2, 0.25) is 0 Å². The number of hydrogen-bond donors (Lipinski definition) is 2. The van der Waals surface area contributed by atoms with Crippen LogP contribution in [-0.4, -0.2) is 17.7 Å². The molecule has 24 heavy (non-hydrogen) atoms. The average Bonchev–Trinajstić information content (AvgIpc) is 3.41. The minimum absolute atomic E-state index is 0.292. The molecule has 2 heteroatoms. The third-order valence-electron chi connectivity index (χ3n) is 7.32. The maximum absolute atomic E-state index is 10.1. The maximum atomic E-state index is 10.1. The van der Waals surface area contributed by atoms with E-state index in [4.69, 9.17) is 0 Å². The van der Waals surface area contributed by atoms with Crippen molar-refractivity contribution < 1.29 is 5.11 Å². The summed E-state index contributed by atoms with van der Waals surface area (Å²) in [6.45, 7) is 5.94. The Morgan fingerprint density at radius 3 is 2.88 bits per heavy atom. The molecule has 132 valence electrons. The van der Waals surface area contributed by atoms with Gasteiger partial charge in [-0.1, -0.05) is 25.8 Å². The van der Waals surface area contributed by atoms with Gasteiger partial charge in [0.15, 0.2) is 0 Å². The quantitative estimate of drug-likeness (QED) is 0.815. The molecule has 3 aliphatic carbocycles. The number of benzene rings is 1. The maximum Gasteiger partial charge on any atom is 0.115 e. The molecule has 0 spiro atoms. The number of fused-ring (bicyclic) bond motifs is 3. The van der Waals surface area contributed by atoms with Gasteiger partial charge in [0.2, 0.25) is 0 Å². The van der Waals surface area contributed by atoms with Crippen LogP contribution in [0.1, 0.15) is 69.9 Å². The predicted octanol–water partition coefficient (Wildman–Crippen LogP) is 4.79. The lowest BCUT2D eigenvalue weighted by Crippen LogP contribution is -2.48. The molecule has 2 nitrogen and oxygen atoms in total. The Kier molecular flexibility index (Phi) is 4.36. The second-order valence-corrected chi connectivity index (χ2v) is 8.86. The number of phenols is 1. The largest absolute Gasteiger partial charge is 0.508 e. The zero-order valence-corrected chi connectivity index (χ0v) is 15.4. The molecular formula is C22H33NO. The Labute approximate surface area is 147 Å². The van der Waals surface area contributed by atoms with E-state index in [9.17, 15) is 5.11 Å². The van der Waals surface area contributed by atoms with E-state index in [1.54, 1.807) is 0 Å². The van der Waals surface area contributed by atoms with E-state index in [2.05, 4.69) is 31.3 Å². The molecule has 0 amide bonds. The molecule has 0 radical (unpaired) electrons. The van der Waals surface area contributed by atoms with Crippen LogP contribution >= 0.6 is 0 Å². The summed E-state index contributed by atoms with van der Waals surface area (Å²) in [5.74, 6) is 2.93. The van der Waals surface area contributed by atoms with Gasteiger partial charge in [0.1, 0.15) is 5.75 Å². The summed E-state index contributed by atoms with van der Waals surface area (Å²) in [4.78, 5) is 0. The monoisotopic (exact) mass is 327 g/mol. The Hall–Kier alpha value is -1.02. The molecule has 0 unspecified atom stereocenters. The molecule has 1 aromatic carbocycles. The Morgan fingerprint density at radius 2 is 2.08 bits per heavy atom. The van der Waals surface area contributed by atoms with Crippen LogP contribution in [0.25, 0.3) is 0 Å². The van der Waals surface area contributed by atoms with Crippen molar-refractivity contribution in [1.82, 2.24) is 5.32 Å². The van der Waals surface area contributed by atoms with Gasteiger partial charge in [-0.25, -0.2) is 0 Å². The van der Waals surface area contributed by atoms with Crippen LogP contribution in [-0.2, 0) is 11.8 Å². The first-order chi connectivity index (χ1) is 11.6. The number of phenolic OH excluding ortho intramolecular Hbond substituents is 1. The molecule has 2 fully saturated rings. The molecule has 0 bridgehead atoms. The topological polar surface area (TPSA) is 32.3 Å². The highest BCUT2D eigenvalue weighted by Gasteiger charge is 2.48. The number of hydrogen-bond acceptors (Lipinski definition) is 2. The third-order valence-corrected chi connectivity index (χ3v) is 7.32. The Morgan fingerprint density at radius 1 is 1.25 bits per heavy atom. The zero-order chi connectivity index (χ0) is 16.7. The lowest BCUT2D eigenvalue weighted by atomic mass is 9.53. The summed E-state index contributed by atoms with van der Waals surface area (Å²) in [5, 5.41) is 14.0. The smallest absolute Gasteiger partial charge is 0.115 e. The highest BCUT2D eigenvalue weighted by atomic mass is 16.3. The molecule has 0 aliphatic heterocycles. The molecule has 0 saturated heterocycles. The first-order valence-corrected chi connectivity index (χ1v) is 10.2. The molecule has 2 N–H and O–H groups in total. The van der Waals surface area contributed by atoms with Crippen molar-refractivity contribution in [2.24, 2.45) is 17.8 Å². The van der Waals surface area contributed by atoms with Gasteiger partial charge in [-0.05, 0) is 93.0 Å². The molecule has 1 aromatic rings. The van der Waals surface area contributed by atoms with Crippen LogP contribution in [0.5, 0.6) is 5.75 Å². The highest BCUT2D eigenvalue weighted by Crippen LogP contribution is 2.54. The summed E-state index contributed by atoms with van der Waals surface area (Å²) < 4.78 is 0. The summed E-state index contributed by atoms with van der Waals surface area (Å²) >= 11 is 0. The first-order valence-electron chi connectivity index (χ1n) is 10.2. The highest BCUT2D eigenvalue weighted by molar-refractivity contribution is 5.43. The van der Waals surface area contributed by atoms with Crippen molar-refractivity contribution in [2.45, 2.75) is 76.7 Å². The van der Waals surface area contributed by atoms with Gasteiger partial charge in [0, 0.05) is 11.5 Å². The second kappa shape index (κ2) is 6.37. The normalized spacial score (nSPS) is 33.6. The minimum atomic E-state index is 0.292. The van der Waals surface area contributed by atoms with Crippen LogP contribution in [0, 0.1) is 17.8 Å². The van der Waals surface area contributed by atoms with Crippen molar-refractivity contribution in [3.63, 3.8) is 0 Å². The average molecular weight is 328 g/mol. The molecule has 0 aromatic heterocycles. The standard InChI is InChI=1S/C22H33NO/c1-15-13-18-8-9-19(24)14-21(18)22(10-4-3-5-20(15)22)11-12-23-16(2)17-6-7-17/h8-9,14-17,20,23-24H,3-7,10-13H2,1-2H3/t15-,16-,20+,22-/m1/s1. The van der Waals surface area contributed by atoms with E-state index in [1.165, 1.54) is 62.5 Å². The summed E-state index contributed by atoms with van der Waals surface area (Å²) in [6, 6.07) is 6.85. The van der Waals surface area contributed by atoms with Gasteiger partial charge < -0.3 is 10.4 Å². The van der Waals surface area contributed by atoms with Gasteiger partial charge in [-0.3, -0.25) is 0 Å².